The highest BCUT2D eigenvalue weighted by Gasteiger charge is 2.11. The molecule has 0 bridgehead atoms. The van der Waals surface area contributed by atoms with Crippen molar-refractivity contribution in [1.29, 1.82) is 0 Å². The number of benzene rings is 1. The molecule has 0 aliphatic carbocycles. The molecule has 13 heavy (non-hydrogen) atoms. The van der Waals surface area contributed by atoms with Gasteiger partial charge in [0.2, 0.25) is 0 Å². The predicted molar refractivity (Wildman–Crippen MR) is 51.6 cm³/mol. The number of ether oxygens (including phenoxy) is 1. The van der Waals surface area contributed by atoms with Gasteiger partial charge in [-0.3, -0.25) is 0 Å². The lowest BCUT2D eigenvalue weighted by molar-refractivity contribution is 0.231. The Bertz CT molecular complexity index is 291. The molecule has 0 saturated carbocycles. The molecule has 0 heterocycles. The first-order chi connectivity index (χ1) is 6.00. The zero-order chi connectivity index (χ0) is 10.0. The zero-order valence-electron chi connectivity index (χ0n) is 7.47. The molecule has 2 N–H and O–H groups in total. The van der Waals surface area contributed by atoms with Gasteiger partial charge in [-0.2, -0.15) is 0 Å². The summed E-state index contributed by atoms with van der Waals surface area (Å²) in [5.41, 5.74) is 5.67. The van der Waals surface area contributed by atoms with Crippen LogP contribution in [0.25, 0.3) is 0 Å². The maximum atomic E-state index is 13.2. The SMILES string of the molecule is CC(C)Oc1c(F)cc(N)cc1Cl. The Balaban J connectivity index is 3.06. The zero-order valence-corrected chi connectivity index (χ0v) is 8.23. The minimum atomic E-state index is -0.529. The van der Waals surface area contributed by atoms with E-state index in [4.69, 9.17) is 22.1 Å². The van der Waals surface area contributed by atoms with Crippen molar-refractivity contribution in [3.8, 4) is 5.75 Å². The van der Waals surface area contributed by atoms with E-state index in [9.17, 15) is 4.39 Å². The summed E-state index contributed by atoms with van der Waals surface area (Å²) in [7, 11) is 0. The van der Waals surface area contributed by atoms with E-state index < -0.39 is 5.82 Å². The first kappa shape index (κ1) is 10.1. The van der Waals surface area contributed by atoms with Gasteiger partial charge in [0.1, 0.15) is 0 Å². The second-order valence-corrected chi connectivity index (χ2v) is 3.39. The summed E-state index contributed by atoms with van der Waals surface area (Å²) >= 11 is 5.73. The summed E-state index contributed by atoms with van der Waals surface area (Å²) in [4.78, 5) is 0. The summed E-state index contributed by atoms with van der Waals surface area (Å²) < 4.78 is 18.4. The van der Waals surface area contributed by atoms with Crippen molar-refractivity contribution in [3.05, 3.63) is 23.0 Å². The van der Waals surface area contributed by atoms with Crippen molar-refractivity contribution in [1.82, 2.24) is 0 Å². The first-order valence-electron chi connectivity index (χ1n) is 3.92. The molecule has 0 unspecified atom stereocenters. The molecule has 0 radical (unpaired) electrons. The third-order valence-corrected chi connectivity index (χ3v) is 1.65. The normalized spacial score (nSPS) is 10.5. The monoisotopic (exact) mass is 203 g/mol. The van der Waals surface area contributed by atoms with Gasteiger partial charge in [-0.15, -0.1) is 0 Å². The number of hydrogen-bond donors (Lipinski definition) is 1. The Kier molecular flexibility index (Phi) is 2.98. The van der Waals surface area contributed by atoms with E-state index in [1.807, 2.05) is 0 Å². The summed E-state index contributed by atoms with van der Waals surface area (Å²) in [6.45, 7) is 3.60. The average molecular weight is 204 g/mol. The highest BCUT2D eigenvalue weighted by molar-refractivity contribution is 6.32. The summed E-state index contributed by atoms with van der Waals surface area (Å²) in [6, 6.07) is 2.64. The second-order valence-electron chi connectivity index (χ2n) is 2.98. The molecule has 1 aromatic carbocycles. The lowest BCUT2D eigenvalue weighted by Crippen LogP contribution is -2.07. The minimum Gasteiger partial charge on any atom is -0.486 e. The van der Waals surface area contributed by atoms with Crippen LogP contribution >= 0.6 is 11.6 Å². The van der Waals surface area contributed by atoms with Crippen molar-refractivity contribution in [3.63, 3.8) is 0 Å². The van der Waals surface area contributed by atoms with Crippen molar-refractivity contribution >= 4 is 17.3 Å². The molecule has 0 atom stereocenters. The van der Waals surface area contributed by atoms with Crippen LogP contribution in [0.15, 0.2) is 12.1 Å². The highest BCUT2D eigenvalue weighted by Crippen LogP contribution is 2.30. The largest absolute Gasteiger partial charge is 0.486 e. The Morgan fingerprint density at radius 3 is 2.54 bits per heavy atom. The van der Waals surface area contributed by atoms with Gasteiger partial charge >= 0.3 is 0 Å². The van der Waals surface area contributed by atoms with Gasteiger partial charge in [0, 0.05) is 11.8 Å². The molecule has 0 aromatic heterocycles. The standard InChI is InChI=1S/C9H11ClFNO/c1-5(2)13-9-7(10)3-6(12)4-8(9)11/h3-5H,12H2,1-2H3. The Morgan fingerprint density at radius 2 is 2.08 bits per heavy atom. The van der Waals surface area contributed by atoms with Gasteiger partial charge in [-0.25, -0.2) is 4.39 Å². The van der Waals surface area contributed by atoms with Crippen molar-refractivity contribution in [2.75, 3.05) is 5.73 Å². The van der Waals surface area contributed by atoms with Crippen LogP contribution in [-0.2, 0) is 0 Å². The molecule has 0 spiro atoms. The molecular formula is C9H11ClFNO. The summed E-state index contributed by atoms with van der Waals surface area (Å²) in [5.74, 6) is -0.468. The lowest BCUT2D eigenvalue weighted by atomic mass is 10.3. The van der Waals surface area contributed by atoms with Gasteiger partial charge in [0.25, 0.3) is 0 Å². The van der Waals surface area contributed by atoms with Crippen LogP contribution < -0.4 is 10.5 Å². The Morgan fingerprint density at radius 1 is 1.46 bits per heavy atom. The van der Waals surface area contributed by atoms with Crippen LogP contribution in [0.4, 0.5) is 10.1 Å². The molecule has 2 nitrogen and oxygen atoms in total. The fourth-order valence-corrected chi connectivity index (χ4v) is 1.19. The van der Waals surface area contributed by atoms with Crippen molar-refractivity contribution in [2.45, 2.75) is 20.0 Å². The highest BCUT2D eigenvalue weighted by atomic mass is 35.5. The van der Waals surface area contributed by atoms with Crippen molar-refractivity contribution in [2.24, 2.45) is 0 Å². The summed E-state index contributed by atoms with van der Waals surface area (Å²) in [6.07, 6.45) is -0.115. The van der Waals surface area contributed by atoms with E-state index in [0.29, 0.717) is 5.69 Å². The molecule has 72 valence electrons. The lowest BCUT2D eigenvalue weighted by Gasteiger charge is -2.12. The van der Waals surface area contributed by atoms with E-state index in [2.05, 4.69) is 0 Å². The summed E-state index contributed by atoms with van der Waals surface area (Å²) in [5, 5.41) is 0.200. The van der Waals surface area contributed by atoms with E-state index in [0.717, 1.165) is 0 Å². The smallest absolute Gasteiger partial charge is 0.174 e. The predicted octanol–water partition coefficient (Wildman–Crippen LogP) is 2.85. The molecular weight excluding hydrogens is 193 g/mol. The number of nitrogen functional groups attached to an aromatic ring is 1. The van der Waals surface area contributed by atoms with Gasteiger partial charge < -0.3 is 10.5 Å². The fourth-order valence-electron chi connectivity index (χ4n) is 0.928. The Hall–Kier alpha value is -0.960. The molecule has 0 saturated heterocycles. The minimum absolute atomic E-state index is 0.0610. The van der Waals surface area contributed by atoms with Gasteiger partial charge in [0.05, 0.1) is 11.1 Å². The van der Waals surface area contributed by atoms with Gasteiger partial charge in [-0.05, 0) is 19.9 Å². The molecule has 1 rings (SSSR count). The van der Waals surface area contributed by atoms with Crippen LogP contribution in [-0.4, -0.2) is 6.10 Å². The third-order valence-electron chi connectivity index (χ3n) is 1.37. The van der Waals surface area contributed by atoms with E-state index in [1.54, 1.807) is 13.8 Å². The molecule has 0 aliphatic rings. The van der Waals surface area contributed by atoms with E-state index in [1.165, 1.54) is 12.1 Å². The third kappa shape index (κ3) is 2.49. The van der Waals surface area contributed by atoms with E-state index in [-0.39, 0.29) is 16.9 Å². The first-order valence-corrected chi connectivity index (χ1v) is 4.29. The van der Waals surface area contributed by atoms with Crippen LogP contribution in [0.5, 0.6) is 5.75 Å². The van der Waals surface area contributed by atoms with Gasteiger partial charge in [0.15, 0.2) is 11.6 Å². The Labute approximate surface area is 81.4 Å². The number of rotatable bonds is 2. The number of halogens is 2. The van der Waals surface area contributed by atoms with E-state index >= 15 is 0 Å². The average Bonchev–Trinajstić information content (AvgIpc) is 1.96. The van der Waals surface area contributed by atoms with Crippen LogP contribution in [0.1, 0.15) is 13.8 Å². The molecule has 1 aromatic rings. The fraction of sp³-hybridized carbons (Fsp3) is 0.333. The maximum Gasteiger partial charge on any atom is 0.174 e. The molecule has 4 heteroatoms. The second kappa shape index (κ2) is 3.83. The topological polar surface area (TPSA) is 35.2 Å². The molecule has 0 fully saturated rings. The number of anilines is 1. The van der Waals surface area contributed by atoms with Crippen LogP contribution in [0, 0.1) is 5.82 Å². The van der Waals surface area contributed by atoms with Gasteiger partial charge in [-0.1, -0.05) is 11.6 Å². The van der Waals surface area contributed by atoms with Crippen molar-refractivity contribution < 1.29 is 9.13 Å². The number of hydrogen-bond acceptors (Lipinski definition) is 2. The quantitative estimate of drug-likeness (QED) is 0.751. The maximum absolute atomic E-state index is 13.2. The number of nitrogens with two attached hydrogens (primary N) is 1. The van der Waals surface area contributed by atoms with Crippen LogP contribution in [0.2, 0.25) is 5.02 Å². The van der Waals surface area contributed by atoms with Crippen LogP contribution in [0.3, 0.4) is 0 Å². The molecule has 0 aliphatic heterocycles. The molecule has 0 amide bonds.